The van der Waals surface area contributed by atoms with Crippen LogP contribution in [-0.2, 0) is 0 Å². The van der Waals surface area contributed by atoms with E-state index in [0.717, 1.165) is 24.1 Å². The molecule has 0 unspecified atom stereocenters. The number of aromatic amines is 1. The van der Waals surface area contributed by atoms with E-state index in [1.54, 1.807) is 0 Å². The molecule has 0 radical (unpaired) electrons. The summed E-state index contributed by atoms with van der Waals surface area (Å²) in [6, 6.07) is 0.316. The Morgan fingerprint density at radius 2 is 1.95 bits per heavy atom. The van der Waals surface area contributed by atoms with Gasteiger partial charge in [0, 0.05) is 17.3 Å². The molecular formula is C14H21N3O2. The van der Waals surface area contributed by atoms with E-state index in [1.165, 1.54) is 0 Å². The number of nitrogens with one attached hydrogen (secondary N) is 2. The van der Waals surface area contributed by atoms with Crippen LogP contribution in [0.5, 0.6) is 0 Å². The number of H-pyrrole nitrogens is 1. The number of carbonyl (C=O) groups is 2. The smallest absolute Gasteiger partial charge is 0.268 e. The van der Waals surface area contributed by atoms with Crippen LogP contribution >= 0.6 is 0 Å². The third-order valence-electron chi connectivity index (χ3n) is 3.32. The minimum absolute atomic E-state index is 0.0433. The molecule has 1 saturated carbocycles. The predicted molar refractivity (Wildman–Crippen MR) is 73.6 cm³/mol. The highest BCUT2D eigenvalue weighted by Gasteiger charge is 2.27. The second-order valence-electron chi connectivity index (χ2n) is 5.53. The lowest BCUT2D eigenvalue weighted by Crippen LogP contribution is -2.26. The second kappa shape index (κ2) is 5.17. The van der Waals surface area contributed by atoms with E-state index in [0.29, 0.717) is 23.8 Å². The topological polar surface area (TPSA) is 65.2 Å². The van der Waals surface area contributed by atoms with E-state index >= 15 is 0 Å². The molecule has 5 heteroatoms. The normalized spacial score (nSPS) is 14.8. The Bertz CT molecular complexity index is 513. The number of amides is 1. The quantitative estimate of drug-likeness (QED) is 0.786. The first-order valence-electron chi connectivity index (χ1n) is 6.58. The van der Waals surface area contributed by atoms with Crippen molar-refractivity contribution in [3.63, 3.8) is 0 Å². The molecule has 1 amide bonds. The average molecular weight is 263 g/mol. The van der Waals surface area contributed by atoms with E-state index in [2.05, 4.69) is 10.3 Å². The molecule has 1 aromatic rings. The summed E-state index contributed by atoms with van der Waals surface area (Å²) in [6.07, 6.45) is 2.10. The number of rotatable bonds is 5. The molecule has 1 aromatic heterocycles. The maximum absolute atomic E-state index is 12.2. The lowest BCUT2D eigenvalue weighted by atomic mass is 10.1. The van der Waals surface area contributed by atoms with Crippen molar-refractivity contribution >= 4 is 11.7 Å². The standard InChI is InChI=1S/C14H21N3O2/c1-8-12(11(18)7-17(3)4)9(2)15-13(8)14(19)16-10-5-6-10/h10,15H,5-7H2,1-4H3,(H,16,19). The number of hydrogen-bond acceptors (Lipinski definition) is 3. The van der Waals surface area contributed by atoms with Crippen LogP contribution in [-0.4, -0.2) is 48.3 Å². The summed E-state index contributed by atoms with van der Waals surface area (Å²) in [4.78, 5) is 29.1. The number of carbonyl (C=O) groups excluding carboxylic acids is 2. The van der Waals surface area contributed by atoms with Gasteiger partial charge in [-0.05, 0) is 46.3 Å². The van der Waals surface area contributed by atoms with Crippen LogP contribution in [0.3, 0.4) is 0 Å². The average Bonchev–Trinajstić information content (AvgIpc) is 3.03. The number of nitrogens with zero attached hydrogens (tertiary/aromatic N) is 1. The number of likely N-dealkylation sites (N-methyl/N-ethyl adjacent to an activating group) is 1. The summed E-state index contributed by atoms with van der Waals surface area (Å²) in [5.74, 6) is -0.0614. The van der Waals surface area contributed by atoms with E-state index in [9.17, 15) is 9.59 Å². The first-order chi connectivity index (χ1) is 8.90. The van der Waals surface area contributed by atoms with E-state index in [-0.39, 0.29) is 11.7 Å². The zero-order valence-corrected chi connectivity index (χ0v) is 12.0. The fourth-order valence-electron chi connectivity index (χ4n) is 2.25. The van der Waals surface area contributed by atoms with Gasteiger partial charge in [0.05, 0.1) is 6.54 Å². The number of ketones is 1. The van der Waals surface area contributed by atoms with Crippen LogP contribution in [0.1, 0.15) is 44.9 Å². The lowest BCUT2D eigenvalue weighted by Gasteiger charge is -2.09. The van der Waals surface area contributed by atoms with Gasteiger partial charge in [0.25, 0.3) is 5.91 Å². The van der Waals surface area contributed by atoms with Crippen LogP contribution in [0, 0.1) is 13.8 Å². The van der Waals surface area contributed by atoms with Gasteiger partial charge in [0.2, 0.25) is 0 Å². The summed E-state index contributed by atoms with van der Waals surface area (Å²) in [5, 5.41) is 2.94. The van der Waals surface area contributed by atoms with E-state index < -0.39 is 0 Å². The SMILES string of the molecule is Cc1[nH]c(C(=O)NC2CC2)c(C)c1C(=O)CN(C)C. The maximum Gasteiger partial charge on any atom is 0.268 e. The Kier molecular flexibility index (Phi) is 3.75. The third-order valence-corrected chi connectivity index (χ3v) is 3.32. The van der Waals surface area contributed by atoms with Crippen molar-refractivity contribution in [1.29, 1.82) is 0 Å². The summed E-state index contributed by atoms with van der Waals surface area (Å²) >= 11 is 0. The highest BCUT2D eigenvalue weighted by molar-refractivity contribution is 6.04. The fraction of sp³-hybridized carbons (Fsp3) is 0.571. The van der Waals surface area contributed by atoms with E-state index in [1.807, 2.05) is 32.8 Å². The molecule has 0 saturated heterocycles. The summed E-state index contributed by atoms with van der Waals surface area (Å²) < 4.78 is 0. The van der Waals surface area contributed by atoms with Gasteiger partial charge >= 0.3 is 0 Å². The molecule has 19 heavy (non-hydrogen) atoms. The number of Topliss-reactive ketones (excluding diaryl/α,β-unsaturated/α-hetero) is 1. The molecular weight excluding hydrogens is 242 g/mol. The molecule has 1 aliphatic carbocycles. The molecule has 0 aromatic carbocycles. The van der Waals surface area contributed by atoms with Gasteiger partial charge < -0.3 is 15.2 Å². The van der Waals surface area contributed by atoms with Crippen molar-refractivity contribution in [3.8, 4) is 0 Å². The first-order valence-corrected chi connectivity index (χ1v) is 6.58. The predicted octanol–water partition coefficient (Wildman–Crippen LogP) is 1.27. The van der Waals surface area contributed by atoms with Crippen molar-refractivity contribution < 1.29 is 9.59 Å². The van der Waals surface area contributed by atoms with Gasteiger partial charge in [-0.1, -0.05) is 0 Å². The summed E-state index contributed by atoms with van der Waals surface area (Å²) in [6.45, 7) is 4.02. The van der Waals surface area contributed by atoms with Crippen LogP contribution in [0.4, 0.5) is 0 Å². The highest BCUT2D eigenvalue weighted by Crippen LogP contribution is 2.22. The third kappa shape index (κ3) is 3.04. The van der Waals surface area contributed by atoms with Gasteiger partial charge in [0.1, 0.15) is 5.69 Å². The molecule has 2 N–H and O–H groups in total. The highest BCUT2D eigenvalue weighted by atomic mass is 16.2. The minimum Gasteiger partial charge on any atom is -0.354 e. The van der Waals surface area contributed by atoms with Crippen LogP contribution < -0.4 is 5.32 Å². The lowest BCUT2D eigenvalue weighted by molar-refractivity contribution is 0.0944. The largest absolute Gasteiger partial charge is 0.354 e. The first kappa shape index (κ1) is 13.8. The molecule has 0 bridgehead atoms. The van der Waals surface area contributed by atoms with Gasteiger partial charge in [-0.25, -0.2) is 0 Å². The monoisotopic (exact) mass is 263 g/mol. The molecule has 5 nitrogen and oxygen atoms in total. The molecule has 0 spiro atoms. The van der Waals surface area contributed by atoms with Crippen molar-refractivity contribution in [2.75, 3.05) is 20.6 Å². The minimum atomic E-state index is -0.105. The van der Waals surface area contributed by atoms with Crippen LogP contribution in [0.15, 0.2) is 0 Å². The summed E-state index contributed by atoms with van der Waals surface area (Å²) in [5.41, 5.74) is 2.69. The maximum atomic E-state index is 12.2. The molecule has 1 heterocycles. The van der Waals surface area contributed by atoms with Gasteiger partial charge in [0.15, 0.2) is 5.78 Å². The molecule has 1 aliphatic rings. The molecule has 1 fully saturated rings. The van der Waals surface area contributed by atoms with Crippen molar-refractivity contribution in [2.24, 2.45) is 0 Å². The number of aryl methyl sites for hydroxylation is 1. The zero-order valence-electron chi connectivity index (χ0n) is 12.0. The number of aromatic nitrogens is 1. The van der Waals surface area contributed by atoms with Gasteiger partial charge in [-0.2, -0.15) is 0 Å². The molecule has 2 rings (SSSR count). The van der Waals surface area contributed by atoms with Gasteiger partial charge in [-0.15, -0.1) is 0 Å². The number of hydrogen-bond donors (Lipinski definition) is 2. The zero-order chi connectivity index (χ0) is 14.2. The Morgan fingerprint density at radius 1 is 1.32 bits per heavy atom. The Labute approximate surface area is 113 Å². The Balaban J connectivity index is 2.22. The van der Waals surface area contributed by atoms with Crippen LogP contribution in [0.25, 0.3) is 0 Å². The fourth-order valence-corrected chi connectivity index (χ4v) is 2.25. The van der Waals surface area contributed by atoms with Crippen molar-refractivity contribution in [2.45, 2.75) is 32.7 Å². The summed E-state index contributed by atoms with van der Waals surface area (Å²) in [7, 11) is 3.71. The Hall–Kier alpha value is -1.62. The van der Waals surface area contributed by atoms with E-state index in [4.69, 9.17) is 0 Å². The molecule has 104 valence electrons. The molecule has 0 atom stereocenters. The van der Waals surface area contributed by atoms with Crippen molar-refractivity contribution in [3.05, 3.63) is 22.5 Å². The molecule has 0 aliphatic heterocycles. The van der Waals surface area contributed by atoms with Crippen LogP contribution in [0.2, 0.25) is 0 Å². The van der Waals surface area contributed by atoms with Crippen molar-refractivity contribution in [1.82, 2.24) is 15.2 Å². The Morgan fingerprint density at radius 3 is 2.47 bits per heavy atom. The second-order valence-corrected chi connectivity index (χ2v) is 5.53. The van der Waals surface area contributed by atoms with Gasteiger partial charge in [-0.3, -0.25) is 9.59 Å².